The molecule has 3 aromatic rings. The molecule has 0 saturated carbocycles. The Labute approximate surface area is 191 Å². The molecule has 0 aromatic heterocycles. The smallest absolute Gasteiger partial charge is 0.282 e. The van der Waals surface area contributed by atoms with Crippen molar-refractivity contribution in [2.24, 2.45) is 4.99 Å². The van der Waals surface area contributed by atoms with Gasteiger partial charge in [-0.3, -0.25) is 14.5 Å². The van der Waals surface area contributed by atoms with Crippen LogP contribution >= 0.6 is 0 Å². The molecule has 0 radical (unpaired) electrons. The second-order valence-corrected chi connectivity index (χ2v) is 7.50. The standard InChI is InChI=1S/C26H23N3O4/c1-17(30)28(2)20-10-12-21(13-11-20)29-25(19-7-5-4-6-8-19)27-22(26(29)32)15-18-9-14-23(31)24(16-18)33-3/h4-16,31H,1-3H3. The molecular formula is C26H23N3O4. The number of benzene rings is 3. The molecule has 3 aromatic carbocycles. The van der Waals surface area contributed by atoms with Crippen LogP contribution in [0.3, 0.4) is 0 Å². The normalized spacial score (nSPS) is 14.4. The molecule has 0 bridgehead atoms. The van der Waals surface area contributed by atoms with Gasteiger partial charge < -0.3 is 14.7 Å². The van der Waals surface area contributed by atoms with E-state index in [9.17, 15) is 14.7 Å². The van der Waals surface area contributed by atoms with Crippen LogP contribution in [-0.2, 0) is 9.59 Å². The molecule has 0 saturated heterocycles. The van der Waals surface area contributed by atoms with Crippen molar-refractivity contribution in [1.82, 2.24) is 0 Å². The Morgan fingerprint density at radius 1 is 1.06 bits per heavy atom. The third-order valence-electron chi connectivity index (χ3n) is 5.37. The number of amidine groups is 1. The van der Waals surface area contributed by atoms with Gasteiger partial charge in [-0.2, -0.15) is 0 Å². The van der Waals surface area contributed by atoms with E-state index in [1.165, 1.54) is 25.0 Å². The average Bonchev–Trinajstić information content (AvgIpc) is 3.16. The monoisotopic (exact) mass is 441 g/mol. The Bertz CT molecular complexity index is 1260. The molecule has 166 valence electrons. The lowest BCUT2D eigenvalue weighted by molar-refractivity contribution is -0.116. The van der Waals surface area contributed by atoms with Gasteiger partial charge in [0.2, 0.25) is 5.91 Å². The lowest BCUT2D eigenvalue weighted by Gasteiger charge is -2.20. The molecule has 1 heterocycles. The van der Waals surface area contributed by atoms with Gasteiger partial charge in [-0.1, -0.05) is 36.4 Å². The SMILES string of the molecule is COc1cc(C=C2N=C(c3ccccc3)N(c3ccc(N(C)C(C)=O)cc3)C2=O)ccc1O. The minimum absolute atomic E-state index is 0.0168. The summed E-state index contributed by atoms with van der Waals surface area (Å²) in [6.45, 7) is 1.49. The summed E-state index contributed by atoms with van der Waals surface area (Å²) in [5.41, 5.74) is 3.08. The number of amides is 2. The first-order chi connectivity index (χ1) is 15.9. The van der Waals surface area contributed by atoms with Gasteiger partial charge in [0.1, 0.15) is 11.5 Å². The number of carbonyl (C=O) groups excluding carboxylic acids is 2. The first-order valence-electron chi connectivity index (χ1n) is 10.3. The van der Waals surface area contributed by atoms with Gasteiger partial charge in [-0.05, 0) is 48.0 Å². The van der Waals surface area contributed by atoms with Gasteiger partial charge in [0.25, 0.3) is 5.91 Å². The minimum atomic E-state index is -0.284. The second kappa shape index (κ2) is 9.00. The van der Waals surface area contributed by atoms with Crippen molar-refractivity contribution in [3.63, 3.8) is 0 Å². The summed E-state index contributed by atoms with van der Waals surface area (Å²) in [5.74, 6) is 0.465. The van der Waals surface area contributed by atoms with Gasteiger partial charge in [0, 0.05) is 25.2 Å². The zero-order chi connectivity index (χ0) is 23.5. The summed E-state index contributed by atoms with van der Waals surface area (Å²) in [6, 6.07) is 21.5. The Hall–Kier alpha value is -4.39. The van der Waals surface area contributed by atoms with Gasteiger partial charge >= 0.3 is 0 Å². The van der Waals surface area contributed by atoms with E-state index in [0.29, 0.717) is 22.8 Å². The lowest BCUT2D eigenvalue weighted by Crippen LogP contribution is -2.32. The fourth-order valence-corrected chi connectivity index (χ4v) is 3.49. The molecule has 0 spiro atoms. The average molecular weight is 441 g/mol. The molecule has 7 heteroatoms. The molecule has 2 amide bonds. The number of ether oxygens (including phenoxy) is 1. The molecule has 0 atom stereocenters. The molecule has 4 rings (SSSR count). The highest BCUT2D eigenvalue weighted by atomic mass is 16.5. The second-order valence-electron chi connectivity index (χ2n) is 7.50. The number of anilines is 2. The van der Waals surface area contributed by atoms with Crippen LogP contribution in [0.15, 0.2) is 83.5 Å². The Kier molecular flexibility index (Phi) is 5.95. The molecule has 1 aliphatic heterocycles. The van der Waals surface area contributed by atoms with Crippen molar-refractivity contribution >= 4 is 35.1 Å². The zero-order valence-corrected chi connectivity index (χ0v) is 18.5. The van der Waals surface area contributed by atoms with Gasteiger partial charge in [0.15, 0.2) is 11.5 Å². The maximum atomic E-state index is 13.4. The van der Waals surface area contributed by atoms with Crippen LogP contribution in [0.4, 0.5) is 11.4 Å². The van der Waals surface area contributed by atoms with Crippen molar-refractivity contribution in [3.8, 4) is 11.5 Å². The summed E-state index contributed by atoms with van der Waals surface area (Å²) in [6.07, 6.45) is 1.66. The fourth-order valence-electron chi connectivity index (χ4n) is 3.49. The number of aliphatic imine (C=N–C) groups is 1. The third-order valence-corrected chi connectivity index (χ3v) is 5.37. The number of aromatic hydroxyl groups is 1. The highest BCUT2D eigenvalue weighted by molar-refractivity contribution is 6.33. The molecule has 0 aliphatic carbocycles. The Balaban J connectivity index is 1.76. The Morgan fingerprint density at radius 2 is 1.76 bits per heavy atom. The molecule has 33 heavy (non-hydrogen) atoms. The summed E-state index contributed by atoms with van der Waals surface area (Å²) in [5, 5.41) is 9.85. The fraction of sp³-hybridized carbons (Fsp3) is 0.115. The Morgan fingerprint density at radius 3 is 2.39 bits per heavy atom. The van der Waals surface area contributed by atoms with Crippen LogP contribution in [0, 0.1) is 0 Å². The van der Waals surface area contributed by atoms with E-state index in [0.717, 1.165) is 11.3 Å². The number of phenols is 1. The third kappa shape index (κ3) is 4.34. The zero-order valence-electron chi connectivity index (χ0n) is 18.5. The van der Waals surface area contributed by atoms with Gasteiger partial charge in [-0.15, -0.1) is 0 Å². The topological polar surface area (TPSA) is 82.4 Å². The van der Waals surface area contributed by atoms with E-state index in [-0.39, 0.29) is 23.3 Å². The van der Waals surface area contributed by atoms with Crippen LogP contribution in [0.25, 0.3) is 6.08 Å². The lowest BCUT2D eigenvalue weighted by atomic mass is 10.1. The highest BCUT2D eigenvalue weighted by Gasteiger charge is 2.32. The van der Waals surface area contributed by atoms with Crippen LogP contribution in [0.5, 0.6) is 11.5 Å². The molecule has 1 N–H and O–H groups in total. The van der Waals surface area contributed by atoms with Crippen molar-refractivity contribution in [2.75, 3.05) is 24.0 Å². The van der Waals surface area contributed by atoms with Crippen LogP contribution in [0.1, 0.15) is 18.1 Å². The van der Waals surface area contributed by atoms with Crippen LogP contribution in [-0.4, -0.2) is 36.9 Å². The minimum Gasteiger partial charge on any atom is -0.504 e. The van der Waals surface area contributed by atoms with E-state index >= 15 is 0 Å². The number of rotatable bonds is 5. The number of carbonyl (C=O) groups is 2. The molecular weight excluding hydrogens is 418 g/mol. The van der Waals surface area contributed by atoms with E-state index in [1.54, 1.807) is 54.4 Å². The summed E-state index contributed by atoms with van der Waals surface area (Å²) in [4.78, 5) is 32.8. The van der Waals surface area contributed by atoms with Gasteiger partial charge in [0.05, 0.1) is 12.8 Å². The van der Waals surface area contributed by atoms with Crippen molar-refractivity contribution < 1.29 is 19.4 Å². The predicted molar refractivity (Wildman–Crippen MR) is 129 cm³/mol. The van der Waals surface area contributed by atoms with Gasteiger partial charge in [-0.25, -0.2) is 4.99 Å². The highest BCUT2D eigenvalue weighted by Crippen LogP contribution is 2.31. The summed E-state index contributed by atoms with van der Waals surface area (Å²) < 4.78 is 5.17. The van der Waals surface area contributed by atoms with E-state index < -0.39 is 0 Å². The quantitative estimate of drug-likeness (QED) is 0.601. The summed E-state index contributed by atoms with van der Waals surface area (Å²) in [7, 11) is 3.16. The van der Waals surface area contributed by atoms with Crippen molar-refractivity contribution in [2.45, 2.75) is 6.92 Å². The number of methoxy groups -OCH3 is 1. The molecule has 7 nitrogen and oxygen atoms in total. The molecule has 0 unspecified atom stereocenters. The molecule has 0 fully saturated rings. The van der Waals surface area contributed by atoms with Crippen LogP contribution < -0.4 is 14.5 Å². The molecule has 1 aliphatic rings. The van der Waals surface area contributed by atoms with E-state index in [1.807, 2.05) is 30.3 Å². The van der Waals surface area contributed by atoms with E-state index in [2.05, 4.69) is 4.99 Å². The van der Waals surface area contributed by atoms with Crippen molar-refractivity contribution in [3.05, 3.63) is 89.6 Å². The van der Waals surface area contributed by atoms with Crippen LogP contribution in [0.2, 0.25) is 0 Å². The van der Waals surface area contributed by atoms with E-state index in [4.69, 9.17) is 4.74 Å². The van der Waals surface area contributed by atoms with Crippen molar-refractivity contribution in [1.29, 1.82) is 0 Å². The number of hydrogen-bond donors (Lipinski definition) is 1. The number of hydrogen-bond acceptors (Lipinski definition) is 5. The predicted octanol–water partition coefficient (Wildman–Crippen LogP) is 4.22. The first-order valence-corrected chi connectivity index (χ1v) is 10.3. The largest absolute Gasteiger partial charge is 0.504 e. The number of nitrogens with zero attached hydrogens (tertiary/aromatic N) is 3. The summed E-state index contributed by atoms with van der Waals surface area (Å²) >= 11 is 0. The number of phenolic OH excluding ortho intramolecular Hbond substituents is 1. The maximum absolute atomic E-state index is 13.4. The first kappa shape index (κ1) is 21.8. The maximum Gasteiger partial charge on any atom is 0.282 e.